The summed E-state index contributed by atoms with van der Waals surface area (Å²) in [6.45, 7) is 4.88. The molecule has 2 amide bonds. The van der Waals surface area contributed by atoms with Crippen molar-refractivity contribution in [2.75, 3.05) is 32.1 Å². The Labute approximate surface area is 166 Å². The van der Waals surface area contributed by atoms with Gasteiger partial charge in [-0.25, -0.2) is 15.0 Å². The summed E-state index contributed by atoms with van der Waals surface area (Å²) in [6, 6.07) is 7.77. The lowest BCUT2D eigenvalue weighted by Gasteiger charge is -2.17. The Hall–Kier alpha value is -2.74. The van der Waals surface area contributed by atoms with E-state index in [9.17, 15) is 9.59 Å². The van der Waals surface area contributed by atoms with Crippen molar-refractivity contribution in [3.8, 4) is 0 Å². The van der Waals surface area contributed by atoms with Gasteiger partial charge in [-0.3, -0.25) is 4.90 Å². The summed E-state index contributed by atoms with van der Waals surface area (Å²) in [4.78, 5) is 24.9. The van der Waals surface area contributed by atoms with Gasteiger partial charge < -0.3 is 20.2 Å². The smallest absolute Gasteiger partial charge is 0.414 e. The number of alkyl carbamates (subject to hydrolysis) is 1. The van der Waals surface area contributed by atoms with Gasteiger partial charge in [-0.05, 0) is 43.0 Å². The zero-order chi connectivity index (χ0) is 20.5. The number of carbonyl (C=O) groups excluding carboxylic acids is 2. The Balaban J connectivity index is 2.08. The molecule has 1 saturated heterocycles. The lowest BCUT2D eigenvalue weighted by molar-refractivity contribution is 0.132. The first-order chi connectivity index (χ1) is 13.5. The molecule has 0 spiro atoms. The van der Waals surface area contributed by atoms with Crippen LogP contribution in [0.4, 0.5) is 15.3 Å². The molecule has 1 aliphatic rings. The van der Waals surface area contributed by atoms with E-state index in [-0.39, 0.29) is 6.54 Å². The highest BCUT2D eigenvalue weighted by Gasteiger charge is 2.32. The van der Waals surface area contributed by atoms with Crippen LogP contribution in [0.2, 0.25) is 0 Å². The highest BCUT2D eigenvalue weighted by molar-refractivity contribution is 5.90. The van der Waals surface area contributed by atoms with Crippen LogP contribution in [0, 0.1) is 0 Å². The Kier molecular flexibility index (Phi) is 8.13. The summed E-state index contributed by atoms with van der Waals surface area (Å²) >= 11 is 0. The van der Waals surface area contributed by atoms with Crippen LogP contribution in [0.25, 0.3) is 5.70 Å². The van der Waals surface area contributed by atoms with Crippen molar-refractivity contribution >= 4 is 23.6 Å². The highest BCUT2D eigenvalue weighted by atomic mass is 16.6. The van der Waals surface area contributed by atoms with Crippen LogP contribution in [-0.2, 0) is 9.47 Å². The topological polar surface area (TPSA) is 91.9 Å². The van der Waals surface area contributed by atoms with Gasteiger partial charge in [-0.15, -0.1) is 0 Å². The van der Waals surface area contributed by atoms with Crippen molar-refractivity contribution in [3.05, 3.63) is 35.4 Å². The molecule has 0 aromatic heterocycles. The zero-order valence-corrected chi connectivity index (χ0v) is 17.0. The monoisotopic (exact) mass is 390 g/mol. The van der Waals surface area contributed by atoms with Gasteiger partial charge in [0.05, 0.1) is 25.9 Å². The van der Waals surface area contributed by atoms with Crippen LogP contribution < -0.4 is 21.1 Å². The van der Waals surface area contributed by atoms with Gasteiger partial charge in [-0.2, -0.15) is 0 Å². The Morgan fingerprint density at radius 2 is 2.04 bits per heavy atom. The molecule has 1 aliphatic heterocycles. The number of hydrazine groups is 1. The van der Waals surface area contributed by atoms with E-state index in [0.717, 1.165) is 36.2 Å². The summed E-state index contributed by atoms with van der Waals surface area (Å²) < 4.78 is 9.84. The number of hydrogen-bond acceptors (Lipinski definition) is 6. The van der Waals surface area contributed by atoms with E-state index in [4.69, 9.17) is 4.74 Å². The quantitative estimate of drug-likeness (QED) is 0.562. The second-order valence-corrected chi connectivity index (χ2v) is 6.67. The Morgan fingerprint density at radius 1 is 1.32 bits per heavy atom. The third kappa shape index (κ3) is 5.63. The van der Waals surface area contributed by atoms with Gasteiger partial charge >= 0.3 is 12.2 Å². The number of nitrogens with zero attached hydrogens (tertiary/aromatic N) is 1. The average molecular weight is 390 g/mol. The summed E-state index contributed by atoms with van der Waals surface area (Å²) in [5.74, 6) is 0. The molecule has 154 valence electrons. The Morgan fingerprint density at radius 3 is 2.64 bits per heavy atom. The molecule has 1 aromatic rings. The van der Waals surface area contributed by atoms with Gasteiger partial charge in [0.15, 0.2) is 0 Å². The van der Waals surface area contributed by atoms with E-state index >= 15 is 0 Å². The second kappa shape index (κ2) is 10.6. The van der Waals surface area contributed by atoms with Gasteiger partial charge in [0.25, 0.3) is 0 Å². The fourth-order valence-electron chi connectivity index (χ4n) is 3.03. The molecule has 1 atom stereocenters. The maximum absolute atomic E-state index is 12.2. The molecule has 8 nitrogen and oxygen atoms in total. The molecule has 1 fully saturated rings. The largest absolute Gasteiger partial charge is 0.453 e. The molecule has 0 bridgehead atoms. The molecular weight excluding hydrogens is 360 g/mol. The fraction of sp³-hybridized carbons (Fsp3) is 0.500. The SMILES string of the molecule is CCCC/C(C)=C(/NNC)c1ccc(N2CC(CNC(=O)OC)OC2=O)cc1. The molecule has 1 aromatic carbocycles. The number of anilines is 1. The minimum Gasteiger partial charge on any atom is -0.453 e. The molecule has 28 heavy (non-hydrogen) atoms. The van der Waals surface area contributed by atoms with Crippen LogP contribution in [0.3, 0.4) is 0 Å². The minimum atomic E-state index is -0.548. The summed E-state index contributed by atoms with van der Waals surface area (Å²) in [7, 11) is 3.13. The van der Waals surface area contributed by atoms with E-state index in [1.54, 1.807) is 4.90 Å². The number of ether oxygens (including phenoxy) is 2. The minimum absolute atomic E-state index is 0.211. The first kappa shape index (κ1) is 21.6. The number of amides is 2. The lowest BCUT2D eigenvalue weighted by atomic mass is 10.0. The molecule has 0 radical (unpaired) electrons. The van der Waals surface area contributed by atoms with Gasteiger partial charge in [0, 0.05) is 12.7 Å². The molecule has 8 heteroatoms. The predicted octanol–water partition coefficient (Wildman–Crippen LogP) is 3.01. The van der Waals surface area contributed by atoms with Gasteiger partial charge in [0.1, 0.15) is 6.10 Å². The number of benzene rings is 1. The van der Waals surface area contributed by atoms with Crippen LogP contribution in [0.1, 0.15) is 38.7 Å². The predicted molar refractivity (Wildman–Crippen MR) is 109 cm³/mol. The van der Waals surface area contributed by atoms with E-state index < -0.39 is 18.3 Å². The van der Waals surface area contributed by atoms with Crippen molar-refractivity contribution < 1.29 is 19.1 Å². The zero-order valence-electron chi connectivity index (χ0n) is 17.0. The molecule has 0 aliphatic carbocycles. The van der Waals surface area contributed by atoms with E-state index in [0.29, 0.717) is 6.54 Å². The number of hydrogen-bond donors (Lipinski definition) is 3. The van der Waals surface area contributed by atoms with Crippen LogP contribution in [0.5, 0.6) is 0 Å². The second-order valence-electron chi connectivity index (χ2n) is 6.67. The highest BCUT2D eigenvalue weighted by Crippen LogP contribution is 2.25. The van der Waals surface area contributed by atoms with Crippen molar-refractivity contribution in [2.24, 2.45) is 0 Å². The molecular formula is C20H30N4O4. The molecule has 1 unspecified atom stereocenters. The number of methoxy groups -OCH3 is 1. The molecule has 1 heterocycles. The molecule has 3 N–H and O–H groups in total. The molecule has 0 saturated carbocycles. The third-order valence-electron chi connectivity index (χ3n) is 4.58. The van der Waals surface area contributed by atoms with Crippen molar-refractivity contribution in [1.82, 2.24) is 16.2 Å². The fourth-order valence-corrected chi connectivity index (χ4v) is 3.03. The van der Waals surface area contributed by atoms with Crippen LogP contribution in [-0.4, -0.2) is 45.5 Å². The first-order valence-electron chi connectivity index (χ1n) is 9.53. The number of cyclic esters (lactones) is 1. The summed E-state index contributed by atoms with van der Waals surface area (Å²) in [5.41, 5.74) is 10.3. The summed E-state index contributed by atoms with van der Waals surface area (Å²) in [6.07, 6.45) is 1.92. The number of carbonyl (C=O) groups is 2. The number of allylic oxidation sites excluding steroid dienone is 1. The number of unbranched alkanes of at least 4 members (excludes halogenated alkanes) is 1. The maximum atomic E-state index is 12.2. The lowest BCUT2D eigenvalue weighted by Crippen LogP contribution is -2.34. The average Bonchev–Trinajstić information content (AvgIpc) is 3.09. The first-order valence-corrected chi connectivity index (χ1v) is 9.53. The normalized spacial score (nSPS) is 17.1. The van der Waals surface area contributed by atoms with Crippen LogP contribution in [0.15, 0.2) is 29.8 Å². The Bertz CT molecular complexity index is 703. The van der Waals surface area contributed by atoms with Gasteiger partial charge in [-0.1, -0.05) is 25.5 Å². The third-order valence-corrected chi connectivity index (χ3v) is 4.58. The number of rotatable bonds is 9. The van der Waals surface area contributed by atoms with Gasteiger partial charge in [0.2, 0.25) is 0 Å². The van der Waals surface area contributed by atoms with Crippen molar-refractivity contribution in [3.63, 3.8) is 0 Å². The maximum Gasteiger partial charge on any atom is 0.414 e. The van der Waals surface area contributed by atoms with Crippen molar-refractivity contribution in [1.29, 1.82) is 0 Å². The molecule has 2 rings (SSSR count). The summed E-state index contributed by atoms with van der Waals surface area (Å²) in [5, 5.41) is 2.55. The van der Waals surface area contributed by atoms with E-state index in [1.807, 2.05) is 31.3 Å². The van der Waals surface area contributed by atoms with Crippen LogP contribution >= 0.6 is 0 Å². The van der Waals surface area contributed by atoms with E-state index in [1.165, 1.54) is 12.7 Å². The van der Waals surface area contributed by atoms with Crippen molar-refractivity contribution in [2.45, 2.75) is 39.2 Å². The number of nitrogens with one attached hydrogen (secondary N) is 3. The van der Waals surface area contributed by atoms with E-state index in [2.05, 4.69) is 34.8 Å². The standard InChI is InChI=1S/C20H30N4O4/c1-5-6-7-14(2)18(23-21-3)15-8-10-16(11-9-15)24-13-17(28-20(24)26)12-22-19(25)27-4/h8-11,17,21,23H,5-7,12-13H2,1-4H3,(H,22,25)/b18-14+.